The van der Waals surface area contributed by atoms with Gasteiger partial charge in [0.15, 0.2) is 11.2 Å². The Balaban J connectivity index is 2.22. The second kappa shape index (κ2) is 11.2. The lowest BCUT2D eigenvalue weighted by atomic mass is 9.77. The van der Waals surface area contributed by atoms with E-state index in [0.717, 1.165) is 16.5 Å². The molecule has 206 valence electrons. The van der Waals surface area contributed by atoms with Gasteiger partial charge in [0.2, 0.25) is 5.43 Å². The maximum Gasteiger partial charge on any atom is 0.324 e. The first kappa shape index (κ1) is 29.2. The number of carbonyl (C=O) groups is 2. The summed E-state index contributed by atoms with van der Waals surface area (Å²) in [5.41, 5.74) is -0.451. The van der Waals surface area contributed by atoms with Gasteiger partial charge in [-0.1, -0.05) is 39.0 Å². The minimum atomic E-state index is -2.47. The Morgan fingerprint density at radius 1 is 0.974 bits per heavy atom. The summed E-state index contributed by atoms with van der Waals surface area (Å²) in [4.78, 5) is 40.4. The van der Waals surface area contributed by atoms with Gasteiger partial charge in [-0.05, 0) is 43.6 Å². The molecular weight excluding hydrogens is 502 g/mol. The van der Waals surface area contributed by atoms with Crippen LogP contribution in [-0.4, -0.2) is 38.0 Å². The van der Waals surface area contributed by atoms with Crippen LogP contribution < -0.4 is 9.85 Å². The smallest absolute Gasteiger partial charge is 0.324 e. The predicted octanol–water partition coefficient (Wildman–Crippen LogP) is 5.41. The van der Waals surface area contributed by atoms with Crippen LogP contribution >= 0.6 is 0 Å². The Morgan fingerprint density at radius 2 is 1.58 bits per heavy atom. The summed E-state index contributed by atoms with van der Waals surface area (Å²) < 4.78 is 25.1. The number of nitrogens with zero attached hydrogens (tertiary/aromatic N) is 1. The number of carbonyl (C=O) groups excluding carboxylic acids is 2. The van der Waals surface area contributed by atoms with E-state index in [2.05, 4.69) is 20.8 Å². The number of aryl methyl sites for hydroxylation is 1. The van der Waals surface area contributed by atoms with Crippen LogP contribution in [0.5, 0.6) is 5.75 Å². The Labute approximate surface area is 225 Å². The van der Waals surface area contributed by atoms with E-state index in [4.69, 9.17) is 18.3 Å². The van der Waals surface area contributed by atoms with Crippen LogP contribution in [0, 0.1) is 5.41 Å². The highest BCUT2D eigenvalue weighted by Gasteiger charge is 2.51. The van der Waals surface area contributed by atoms with E-state index < -0.39 is 25.7 Å². The third-order valence-corrected chi connectivity index (χ3v) is 11.7. The summed E-state index contributed by atoms with van der Waals surface area (Å²) in [5, 5.41) is 0.703. The highest BCUT2D eigenvalue weighted by atomic mass is 28.4. The molecule has 2 heterocycles. The maximum absolute atomic E-state index is 13.7. The van der Waals surface area contributed by atoms with E-state index in [9.17, 15) is 14.4 Å². The van der Waals surface area contributed by atoms with Crippen molar-refractivity contribution in [3.05, 3.63) is 64.3 Å². The van der Waals surface area contributed by atoms with Crippen molar-refractivity contribution in [2.75, 3.05) is 13.2 Å². The molecule has 0 atom stereocenters. The van der Waals surface area contributed by atoms with Crippen LogP contribution in [0.4, 0.5) is 0 Å². The SMILES string of the molecule is CCOC(=O)C(Cc1occc(=O)c1O[Si](C)(C)C(C)(C)C)(Cc1cn(C)c2ccccc12)C(=O)OCC. The fourth-order valence-corrected chi connectivity index (χ4v) is 5.25. The zero-order valence-corrected chi connectivity index (χ0v) is 24.7. The molecule has 0 spiro atoms. The monoisotopic (exact) mass is 541 g/mol. The third-order valence-electron chi connectivity index (χ3n) is 7.34. The Hall–Kier alpha value is -3.33. The first-order chi connectivity index (χ1) is 17.8. The van der Waals surface area contributed by atoms with Crippen molar-refractivity contribution in [2.45, 2.75) is 65.6 Å². The number of aromatic nitrogens is 1. The van der Waals surface area contributed by atoms with Gasteiger partial charge in [-0.3, -0.25) is 14.4 Å². The van der Waals surface area contributed by atoms with Gasteiger partial charge in [-0.15, -0.1) is 0 Å². The lowest BCUT2D eigenvalue weighted by molar-refractivity contribution is -0.172. The van der Waals surface area contributed by atoms with Crippen molar-refractivity contribution in [1.82, 2.24) is 4.57 Å². The largest absolute Gasteiger partial charge is 0.539 e. The van der Waals surface area contributed by atoms with Crippen LogP contribution in [0.3, 0.4) is 0 Å². The molecule has 0 N–H and O–H groups in total. The minimum Gasteiger partial charge on any atom is -0.539 e. The number of benzene rings is 1. The molecule has 38 heavy (non-hydrogen) atoms. The topological polar surface area (TPSA) is 97.0 Å². The molecule has 0 bridgehead atoms. The molecule has 0 fully saturated rings. The van der Waals surface area contributed by atoms with Crippen molar-refractivity contribution in [2.24, 2.45) is 12.5 Å². The van der Waals surface area contributed by atoms with Crippen molar-refractivity contribution in [1.29, 1.82) is 0 Å². The number of rotatable bonds is 10. The molecule has 0 aliphatic carbocycles. The molecule has 0 radical (unpaired) electrons. The average molecular weight is 542 g/mol. The average Bonchev–Trinajstić information content (AvgIpc) is 3.15. The highest BCUT2D eigenvalue weighted by molar-refractivity contribution is 6.74. The van der Waals surface area contributed by atoms with Gasteiger partial charge in [-0.2, -0.15) is 0 Å². The zero-order chi connectivity index (χ0) is 28.3. The van der Waals surface area contributed by atoms with E-state index in [1.165, 1.54) is 12.3 Å². The maximum atomic E-state index is 13.7. The fraction of sp³-hybridized carbons (Fsp3) is 0.483. The van der Waals surface area contributed by atoms with Crippen molar-refractivity contribution in [3.8, 4) is 5.75 Å². The number of ether oxygens (including phenoxy) is 2. The van der Waals surface area contributed by atoms with Crippen molar-refractivity contribution >= 4 is 31.2 Å². The Kier molecular flexibility index (Phi) is 8.60. The van der Waals surface area contributed by atoms with Crippen LogP contribution in [-0.2, 0) is 39.0 Å². The first-order valence-electron chi connectivity index (χ1n) is 12.9. The van der Waals surface area contributed by atoms with E-state index >= 15 is 0 Å². The fourth-order valence-electron chi connectivity index (χ4n) is 4.22. The molecule has 3 rings (SSSR count). The lowest BCUT2D eigenvalue weighted by Gasteiger charge is -2.37. The number of hydrogen-bond donors (Lipinski definition) is 0. The molecule has 0 saturated heterocycles. The summed E-state index contributed by atoms with van der Waals surface area (Å²) >= 11 is 0. The molecule has 0 aliphatic rings. The summed E-state index contributed by atoms with van der Waals surface area (Å²) in [7, 11) is -0.565. The molecule has 0 amide bonds. The molecular formula is C29H39NO7Si. The molecule has 0 saturated carbocycles. The normalized spacial score (nSPS) is 12.4. The minimum absolute atomic E-state index is 0.00976. The number of fused-ring (bicyclic) bond motifs is 1. The molecule has 1 aromatic carbocycles. The number of para-hydroxylation sites is 1. The van der Waals surface area contributed by atoms with Crippen molar-refractivity contribution in [3.63, 3.8) is 0 Å². The van der Waals surface area contributed by atoms with E-state index in [-0.39, 0.29) is 48.0 Å². The summed E-state index contributed by atoms with van der Waals surface area (Å²) in [6, 6.07) is 9.03. The van der Waals surface area contributed by atoms with Crippen LogP contribution in [0.25, 0.3) is 10.9 Å². The van der Waals surface area contributed by atoms with Crippen molar-refractivity contribution < 1.29 is 27.9 Å². The number of esters is 2. The van der Waals surface area contributed by atoms with E-state index in [1.807, 2.05) is 55.2 Å². The zero-order valence-electron chi connectivity index (χ0n) is 23.7. The van der Waals surface area contributed by atoms with Gasteiger partial charge in [-0.25, -0.2) is 0 Å². The van der Waals surface area contributed by atoms with Gasteiger partial charge in [0.25, 0.3) is 8.32 Å². The van der Waals surface area contributed by atoms with Gasteiger partial charge >= 0.3 is 11.9 Å². The predicted molar refractivity (Wildman–Crippen MR) is 149 cm³/mol. The lowest BCUT2D eigenvalue weighted by Crippen LogP contribution is -2.47. The standard InChI is InChI=1S/C29H39NO7Si/c1-9-34-26(32)29(27(33)35-10-2,17-20-19-30(6)22-14-12-11-13-21(20)22)18-24-25(23(31)15-16-36-24)37-38(7,8)28(3,4)5/h11-16,19H,9-10,17-18H2,1-8H3. The Morgan fingerprint density at radius 3 is 2.16 bits per heavy atom. The molecule has 3 aromatic rings. The van der Waals surface area contributed by atoms with E-state index in [1.54, 1.807) is 13.8 Å². The summed E-state index contributed by atoms with van der Waals surface area (Å²) in [5.74, 6) is -1.34. The molecule has 8 nitrogen and oxygen atoms in total. The number of hydrogen-bond acceptors (Lipinski definition) is 7. The quantitative estimate of drug-likeness (QED) is 0.192. The third kappa shape index (κ3) is 5.72. The molecule has 2 aromatic heterocycles. The van der Waals surface area contributed by atoms with Gasteiger partial charge < -0.3 is 22.9 Å². The van der Waals surface area contributed by atoms with Gasteiger partial charge in [0.05, 0.1) is 19.5 Å². The molecule has 9 heteroatoms. The van der Waals surface area contributed by atoms with Crippen LogP contribution in [0.1, 0.15) is 45.9 Å². The highest BCUT2D eigenvalue weighted by Crippen LogP contribution is 2.40. The van der Waals surface area contributed by atoms with E-state index in [0.29, 0.717) is 0 Å². The van der Waals surface area contributed by atoms with Crippen LogP contribution in [0.2, 0.25) is 18.1 Å². The first-order valence-corrected chi connectivity index (χ1v) is 15.8. The second-order valence-electron chi connectivity index (χ2n) is 11.1. The second-order valence-corrected chi connectivity index (χ2v) is 15.8. The van der Waals surface area contributed by atoms with Gasteiger partial charge in [0.1, 0.15) is 5.76 Å². The van der Waals surface area contributed by atoms with Crippen LogP contribution in [0.15, 0.2) is 52.0 Å². The summed E-state index contributed by atoms with van der Waals surface area (Å²) in [6.07, 6.45) is 2.89. The summed E-state index contributed by atoms with van der Waals surface area (Å²) in [6.45, 7) is 13.7. The Bertz CT molecular complexity index is 1350. The molecule has 0 aliphatic heterocycles. The molecule has 0 unspecified atom stereocenters. The van der Waals surface area contributed by atoms with Gasteiger partial charge in [0, 0.05) is 43.1 Å².